The fraction of sp³-hybridized carbons (Fsp3) is 0.545. The third-order valence-corrected chi connectivity index (χ3v) is 9.02. The lowest BCUT2D eigenvalue weighted by Crippen LogP contribution is -2.30. The van der Waals surface area contributed by atoms with Crippen LogP contribution in [0.4, 0.5) is 10.2 Å². The van der Waals surface area contributed by atoms with E-state index in [1.165, 1.54) is 10.9 Å². The number of anilines is 1. The standard InChI is InChI=1S/C11H17FN5O11P3/c12-11(30(21,22)28-31(23,24)25)29(19,20)26-2-6-5(18)1-7(27-6)17-4-16-8-9(13)14-3-15-10(8)17/h3-7,11,18H,1-2H2,(H,19,20)(H,21,22)(H2,13,14,15)(H2,23,24,25)/p-4/t5-,6+,7+,11?/m0/s1. The Hall–Kier alpha value is -1.35. The molecule has 16 nitrogen and oxygen atoms in total. The van der Waals surface area contributed by atoms with Crippen molar-refractivity contribution in [1.82, 2.24) is 19.5 Å². The van der Waals surface area contributed by atoms with Gasteiger partial charge in [-0.15, -0.1) is 0 Å². The number of nitrogens with zero attached hydrogens (tertiary/aromatic N) is 4. The van der Waals surface area contributed by atoms with Crippen molar-refractivity contribution >= 4 is 40.0 Å². The highest BCUT2D eigenvalue weighted by molar-refractivity contribution is 7.73. The molecular weight excluding hydrogens is 490 g/mol. The number of imidazole rings is 1. The molecule has 31 heavy (non-hydrogen) atoms. The van der Waals surface area contributed by atoms with Crippen LogP contribution in [0, 0.1) is 0 Å². The molecule has 174 valence electrons. The normalized spacial score (nSPS) is 27.1. The van der Waals surface area contributed by atoms with Crippen molar-refractivity contribution < 1.29 is 56.3 Å². The summed E-state index contributed by atoms with van der Waals surface area (Å²) in [6.07, 6.45) is -1.29. The molecule has 1 fully saturated rings. The van der Waals surface area contributed by atoms with E-state index in [2.05, 4.69) is 23.8 Å². The van der Waals surface area contributed by atoms with E-state index in [0.717, 1.165) is 6.33 Å². The first-order valence-electron chi connectivity index (χ1n) is 8.11. The molecule has 3 unspecified atom stereocenters. The zero-order valence-corrected chi connectivity index (χ0v) is 17.7. The van der Waals surface area contributed by atoms with Gasteiger partial charge < -0.3 is 57.7 Å². The molecule has 2 aromatic heterocycles. The van der Waals surface area contributed by atoms with E-state index >= 15 is 0 Å². The quantitative estimate of drug-likeness (QED) is 0.347. The molecule has 1 aliphatic heterocycles. The van der Waals surface area contributed by atoms with Crippen molar-refractivity contribution in [2.45, 2.75) is 30.5 Å². The Morgan fingerprint density at radius 3 is 2.58 bits per heavy atom. The van der Waals surface area contributed by atoms with Crippen LogP contribution in [0.15, 0.2) is 12.7 Å². The first-order chi connectivity index (χ1) is 14.2. The van der Waals surface area contributed by atoms with E-state index in [1.807, 2.05) is 0 Å². The van der Waals surface area contributed by atoms with Crippen molar-refractivity contribution in [2.75, 3.05) is 12.3 Å². The Morgan fingerprint density at radius 2 is 1.94 bits per heavy atom. The van der Waals surface area contributed by atoms with Crippen LogP contribution >= 0.6 is 23.0 Å². The number of halogens is 1. The fourth-order valence-corrected chi connectivity index (χ4v) is 6.58. The van der Waals surface area contributed by atoms with E-state index in [9.17, 15) is 42.8 Å². The van der Waals surface area contributed by atoms with Crippen LogP contribution in [-0.2, 0) is 27.3 Å². The van der Waals surface area contributed by atoms with Crippen molar-refractivity contribution in [3.63, 3.8) is 0 Å². The van der Waals surface area contributed by atoms with Gasteiger partial charge in [0.15, 0.2) is 26.7 Å². The summed E-state index contributed by atoms with van der Waals surface area (Å²) in [7, 11) is -18.5. The Kier molecular flexibility index (Phi) is 6.69. The smallest absolute Gasteiger partial charge is 0.226 e. The summed E-state index contributed by atoms with van der Waals surface area (Å²) in [5.74, 6) is 0.0772. The topological polar surface area (TPSA) is 261 Å². The molecule has 6 atom stereocenters. The minimum atomic E-state index is -6.33. The van der Waals surface area contributed by atoms with Gasteiger partial charge in [-0.05, 0) is 0 Å². The van der Waals surface area contributed by atoms with Crippen LogP contribution in [0.3, 0.4) is 0 Å². The second-order valence-corrected chi connectivity index (χ2v) is 11.5. The van der Waals surface area contributed by atoms with Crippen molar-refractivity contribution in [3.8, 4) is 0 Å². The monoisotopic (exact) mass is 503 g/mol. The van der Waals surface area contributed by atoms with Crippen molar-refractivity contribution in [3.05, 3.63) is 12.7 Å². The first kappa shape index (κ1) is 24.3. The maximum absolute atomic E-state index is 13.8. The Labute approximate surface area is 172 Å². The van der Waals surface area contributed by atoms with Crippen molar-refractivity contribution in [2.24, 2.45) is 0 Å². The molecule has 1 aliphatic rings. The van der Waals surface area contributed by atoms with E-state index in [1.54, 1.807) is 0 Å². The first-order valence-corrected chi connectivity index (χ1v) is 12.8. The zero-order chi connectivity index (χ0) is 23.2. The Bertz CT molecular complexity index is 1110. The lowest BCUT2D eigenvalue weighted by molar-refractivity contribution is -0.338. The summed E-state index contributed by atoms with van der Waals surface area (Å²) in [4.78, 5) is 55.5. The molecule has 20 heteroatoms. The summed E-state index contributed by atoms with van der Waals surface area (Å²) in [5.41, 5.74) is 2.17. The number of phosphoric acid groups is 1. The van der Waals surface area contributed by atoms with E-state index < -0.39 is 53.7 Å². The molecule has 0 saturated carbocycles. The third kappa shape index (κ3) is 5.35. The van der Waals surface area contributed by atoms with Crippen LogP contribution in [0.1, 0.15) is 12.6 Å². The number of aromatic nitrogens is 4. The predicted molar refractivity (Wildman–Crippen MR) is 89.0 cm³/mol. The average molecular weight is 503 g/mol. The number of aliphatic hydroxyl groups excluding tert-OH is 1. The van der Waals surface area contributed by atoms with Crippen LogP contribution in [0.2, 0.25) is 0 Å². The van der Waals surface area contributed by atoms with E-state index in [0.29, 0.717) is 0 Å². The van der Waals surface area contributed by atoms with Gasteiger partial charge in [0.25, 0.3) is 0 Å². The Morgan fingerprint density at radius 1 is 1.26 bits per heavy atom. The number of alkyl halides is 1. The fourth-order valence-electron chi connectivity index (χ4n) is 2.71. The summed E-state index contributed by atoms with van der Waals surface area (Å²) in [6.45, 7) is -1.03. The maximum atomic E-state index is 13.8. The van der Waals surface area contributed by atoms with E-state index in [-0.39, 0.29) is 23.4 Å². The molecular formula is C11H13FN5O11P3-4. The summed E-state index contributed by atoms with van der Waals surface area (Å²) in [6, 6.07) is 0. The van der Waals surface area contributed by atoms with Crippen LogP contribution in [0.5, 0.6) is 0 Å². The number of nitrogen functional groups attached to an aromatic ring is 1. The van der Waals surface area contributed by atoms with Crippen LogP contribution < -0.4 is 25.3 Å². The predicted octanol–water partition coefficient (Wildman–Crippen LogP) is -2.72. The minimum Gasteiger partial charge on any atom is -0.790 e. The second-order valence-electron chi connectivity index (χ2n) is 6.23. The van der Waals surface area contributed by atoms with Gasteiger partial charge in [0.1, 0.15) is 24.2 Å². The van der Waals surface area contributed by atoms with Gasteiger partial charge in [-0.3, -0.25) is 4.57 Å². The SMILES string of the molecule is Nc1ncnc2c1ncn2[C@H]1C[C@H](O)[C@@H](COP(=O)([O-])C(F)P(=O)([O-])OP(=O)([O-])[O-])O1. The van der Waals surface area contributed by atoms with Gasteiger partial charge in [-0.1, -0.05) is 0 Å². The molecule has 1 saturated heterocycles. The number of aliphatic hydroxyl groups is 1. The molecule has 3 rings (SSSR count). The number of rotatable bonds is 8. The zero-order valence-electron chi connectivity index (χ0n) is 15.0. The lowest BCUT2D eigenvalue weighted by atomic mass is 10.2. The van der Waals surface area contributed by atoms with Gasteiger partial charge in [0.05, 0.1) is 26.9 Å². The van der Waals surface area contributed by atoms with E-state index in [4.69, 9.17) is 10.5 Å². The van der Waals surface area contributed by atoms with Crippen LogP contribution in [-0.4, -0.2) is 49.1 Å². The molecule has 3 N–H and O–H groups in total. The second kappa shape index (κ2) is 8.54. The summed E-state index contributed by atoms with van der Waals surface area (Å²) in [5, 5.41) is 10.1. The van der Waals surface area contributed by atoms with Crippen LogP contribution in [0.25, 0.3) is 11.2 Å². The molecule has 2 aromatic rings. The summed E-state index contributed by atoms with van der Waals surface area (Å²) >= 11 is 0. The number of ether oxygens (including phenoxy) is 1. The average Bonchev–Trinajstić information content (AvgIpc) is 3.21. The number of hydrogen-bond acceptors (Lipinski definition) is 15. The van der Waals surface area contributed by atoms with Gasteiger partial charge in [0, 0.05) is 6.42 Å². The third-order valence-electron chi connectivity index (χ3n) is 4.06. The van der Waals surface area contributed by atoms with Gasteiger partial charge in [0.2, 0.25) is 5.65 Å². The Balaban J connectivity index is 1.68. The highest BCUT2D eigenvalue weighted by Crippen LogP contribution is 2.65. The highest BCUT2D eigenvalue weighted by Gasteiger charge is 2.40. The van der Waals surface area contributed by atoms with Gasteiger partial charge in [-0.25, -0.2) is 19.3 Å². The molecule has 0 spiro atoms. The van der Waals surface area contributed by atoms with Gasteiger partial charge in [-0.2, -0.15) is 0 Å². The summed E-state index contributed by atoms with van der Waals surface area (Å²) < 4.78 is 61.3. The minimum absolute atomic E-state index is 0.0772. The lowest BCUT2D eigenvalue weighted by Gasteiger charge is -2.40. The molecule has 0 aromatic carbocycles. The highest BCUT2D eigenvalue weighted by atomic mass is 31.3. The molecule has 0 bridgehead atoms. The number of nitrogens with two attached hydrogens (primary N) is 1. The largest absolute Gasteiger partial charge is 0.790 e. The molecule has 0 amide bonds. The molecule has 0 radical (unpaired) electrons. The van der Waals surface area contributed by atoms with Crippen molar-refractivity contribution in [1.29, 1.82) is 0 Å². The maximum Gasteiger partial charge on any atom is 0.226 e. The molecule has 0 aliphatic carbocycles. The number of hydrogen-bond donors (Lipinski definition) is 2. The number of fused-ring (bicyclic) bond motifs is 1. The van der Waals surface area contributed by atoms with Gasteiger partial charge >= 0.3 is 0 Å². The molecule has 3 heterocycles.